The zero-order chi connectivity index (χ0) is 15.7. The van der Waals surface area contributed by atoms with Crippen LogP contribution in [-0.2, 0) is 16.0 Å². The summed E-state index contributed by atoms with van der Waals surface area (Å²) in [5.41, 5.74) is 2.13. The number of ether oxygens (including phenoxy) is 1. The molecule has 0 heterocycles. The number of rotatable bonds is 9. The minimum atomic E-state index is -0.618. The van der Waals surface area contributed by atoms with Crippen LogP contribution in [0, 0.1) is 0 Å². The van der Waals surface area contributed by atoms with Crippen molar-refractivity contribution in [2.45, 2.75) is 51.7 Å². The van der Waals surface area contributed by atoms with Gasteiger partial charge in [-0.1, -0.05) is 38.1 Å². The van der Waals surface area contributed by atoms with Gasteiger partial charge in [0.15, 0.2) is 0 Å². The van der Waals surface area contributed by atoms with Crippen molar-refractivity contribution in [3.05, 3.63) is 35.4 Å². The van der Waals surface area contributed by atoms with Gasteiger partial charge in [-0.3, -0.25) is 4.79 Å². The number of aliphatic hydroxyl groups excluding tert-OH is 1. The molecule has 4 nitrogen and oxygen atoms in total. The van der Waals surface area contributed by atoms with Crippen LogP contribution in [0.2, 0.25) is 0 Å². The first-order chi connectivity index (χ1) is 10.1. The van der Waals surface area contributed by atoms with Crippen LogP contribution in [0.1, 0.15) is 50.3 Å². The highest BCUT2D eigenvalue weighted by atomic mass is 16.5. The van der Waals surface area contributed by atoms with Gasteiger partial charge in [-0.05, 0) is 36.9 Å². The maximum atomic E-state index is 11.3. The summed E-state index contributed by atoms with van der Waals surface area (Å²) in [5.74, 6) is -0.244. The number of aliphatic hydroxyl groups is 1. The Kier molecular flexibility index (Phi) is 8.01. The molecule has 0 aliphatic carbocycles. The van der Waals surface area contributed by atoms with Gasteiger partial charge in [0.1, 0.15) is 0 Å². The monoisotopic (exact) mass is 293 g/mol. The number of aryl methyl sites for hydroxylation is 1. The summed E-state index contributed by atoms with van der Waals surface area (Å²) >= 11 is 0. The Hall–Kier alpha value is -1.39. The maximum Gasteiger partial charge on any atom is 0.305 e. The van der Waals surface area contributed by atoms with Gasteiger partial charge in [-0.2, -0.15) is 0 Å². The van der Waals surface area contributed by atoms with Gasteiger partial charge < -0.3 is 15.2 Å². The van der Waals surface area contributed by atoms with Crippen molar-refractivity contribution in [1.29, 1.82) is 0 Å². The van der Waals surface area contributed by atoms with Crippen LogP contribution in [0.4, 0.5) is 0 Å². The fraction of sp³-hybridized carbons (Fsp3) is 0.588. The van der Waals surface area contributed by atoms with Crippen molar-refractivity contribution in [1.82, 2.24) is 5.32 Å². The number of benzene rings is 1. The summed E-state index contributed by atoms with van der Waals surface area (Å²) in [4.78, 5) is 11.3. The van der Waals surface area contributed by atoms with Crippen LogP contribution < -0.4 is 5.32 Å². The van der Waals surface area contributed by atoms with Crippen LogP contribution in [0.15, 0.2) is 24.3 Å². The number of carbonyl (C=O) groups excluding carboxylic acids is 1. The molecule has 1 aromatic rings. The molecule has 118 valence electrons. The standard InChI is InChI=1S/C17H27NO3/c1-4-12-18-15(10-11-16(19)21-3)17(20)14-8-6-13(5-2)7-9-14/h6-9,15,17-18,20H,4-5,10-12H2,1-3H3. The van der Waals surface area contributed by atoms with E-state index in [0.717, 1.165) is 24.9 Å². The first-order valence-electron chi connectivity index (χ1n) is 7.69. The van der Waals surface area contributed by atoms with E-state index in [1.807, 2.05) is 24.3 Å². The average molecular weight is 293 g/mol. The molecule has 2 N–H and O–H groups in total. The smallest absolute Gasteiger partial charge is 0.305 e. The van der Waals surface area contributed by atoms with E-state index in [9.17, 15) is 9.90 Å². The van der Waals surface area contributed by atoms with Crippen LogP contribution in [0.5, 0.6) is 0 Å². The molecule has 0 aliphatic rings. The molecular weight excluding hydrogens is 266 g/mol. The Morgan fingerprint density at radius 3 is 2.48 bits per heavy atom. The normalized spacial score (nSPS) is 13.7. The number of hydrogen-bond donors (Lipinski definition) is 2. The summed E-state index contributed by atoms with van der Waals surface area (Å²) in [6.07, 6.45) is 2.21. The van der Waals surface area contributed by atoms with Crippen LogP contribution in [0.25, 0.3) is 0 Å². The Morgan fingerprint density at radius 1 is 1.29 bits per heavy atom. The predicted octanol–water partition coefficient (Wildman–Crippen LogP) is 2.60. The van der Waals surface area contributed by atoms with Crippen molar-refractivity contribution in [3.63, 3.8) is 0 Å². The van der Waals surface area contributed by atoms with E-state index >= 15 is 0 Å². The van der Waals surface area contributed by atoms with E-state index in [1.54, 1.807) is 0 Å². The lowest BCUT2D eigenvalue weighted by Crippen LogP contribution is -2.36. The zero-order valence-corrected chi connectivity index (χ0v) is 13.3. The molecule has 0 aliphatic heterocycles. The van der Waals surface area contributed by atoms with Gasteiger partial charge in [0.05, 0.1) is 13.2 Å². The second-order valence-corrected chi connectivity index (χ2v) is 5.22. The summed E-state index contributed by atoms with van der Waals surface area (Å²) in [7, 11) is 1.39. The summed E-state index contributed by atoms with van der Waals surface area (Å²) in [6, 6.07) is 7.85. The van der Waals surface area contributed by atoms with E-state index in [2.05, 4.69) is 23.9 Å². The molecule has 0 saturated carbocycles. The third-order valence-corrected chi connectivity index (χ3v) is 3.65. The van der Waals surface area contributed by atoms with E-state index in [4.69, 9.17) is 0 Å². The molecule has 21 heavy (non-hydrogen) atoms. The van der Waals surface area contributed by atoms with E-state index in [-0.39, 0.29) is 12.0 Å². The van der Waals surface area contributed by atoms with Gasteiger partial charge >= 0.3 is 5.97 Å². The third-order valence-electron chi connectivity index (χ3n) is 3.65. The molecule has 2 atom stereocenters. The van der Waals surface area contributed by atoms with Crippen LogP contribution in [-0.4, -0.2) is 30.8 Å². The number of hydrogen-bond acceptors (Lipinski definition) is 4. The molecule has 1 rings (SSSR count). The predicted molar refractivity (Wildman–Crippen MR) is 84.1 cm³/mol. The molecule has 0 fully saturated rings. The molecule has 2 unspecified atom stereocenters. The summed E-state index contributed by atoms with van der Waals surface area (Å²) < 4.78 is 4.67. The van der Waals surface area contributed by atoms with Crippen molar-refractivity contribution < 1.29 is 14.6 Å². The number of nitrogens with one attached hydrogen (secondary N) is 1. The Morgan fingerprint density at radius 2 is 1.95 bits per heavy atom. The zero-order valence-electron chi connectivity index (χ0n) is 13.3. The molecule has 0 bridgehead atoms. The SMILES string of the molecule is CCCNC(CCC(=O)OC)C(O)c1ccc(CC)cc1. The lowest BCUT2D eigenvalue weighted by atomic mass is 9.97. The molecule has 0 radical (unpaired) electrons. The van der Waals surface area contributed by atoms with Gasteiger partial charge in [0.25, 0.3) is 0 Å². The van der Waals surface area contributed by atoms with Crippen LogP contribution in [0.3, 0.4) is 0 Å². The molecule has 0 spiro atoms. The fourth-order valence-electron chi connectivity index (χ4n) is 2.26. The molecule has 0 amide bonds. The van der Waals surface area contributed by atoms with E-state index < -0.39 is 6.10 Å². The fourth-order valence-corrected chi connectivity index (χ4v) is 2.26. The maximum absolute atomic E-state index is 11.3. The minimum Gasteiger partial charge on any atom is -0.469 e. The average Bonchev–Trinajstić information content (AvgIpc) is 2.54. The highest BCUT2D eigenvalue weighted by Crippen LogP contribution is 2.21. The molecule has 0 saturated heterocycles. The largest absolute Gasteiger partial charge is 0.469 e. The first-order valence-corrected chi connectivity index (χ1v) is 7.69. The Labute approximate surface area is 127 Å². The van der Waals surface area contributed by atoms with Gasteiger partial charge in [-0.15, -0.1) is 0 Å². The lowest BCUT2D eigenvalue weighted by molar-refractivity contribution is -0.141. The lowest BCUT2D eigenvalue weighted by Gasteiger charge is -2.24. The van der Waals surface area contributed by atoms with Gasteiger partial charge in [0, 0.05) is 12.5 Å². The van der Waals surface area contributed by atoms with Crippen molar-refractivity contribution in [3.8, 4) is 0 Å². The molecule has 0 aromatic heterocycles. The van der Waals surface area contributed by atoms with Crippen molar-refractivity contribution >= 4 is 5.97 Å². The highest BCUT2D eigenvalue weighted by Gasteiger charge is 2.21. The molecule has 1 aromatic carbocycles. The van der Waals surface area contributed by atoms with E-state index in [1.165, 1.54) is 12.7 Å². The first kappa shape index (κ1) is 17.7. The van der Waals surface area contributed by atoms with Gasteiger partial charge in [0.2, 0.25) is 0 Å². The minimum absolute atomic E-state index is 0.142. The molecule has 4 heteroatoms. The van der Waals surface area contributed by atoms with E-state index in [0.29, 0.717) is 12.8 Å². The second-order valence-electron chi connectivity index (χ2n) is 5.22. The summed E-state index contributed by atoms with van der Waals surface area (Å²) in [6.45, 7) is 5.00. The topological polar surface area (TPSA) is 58.6 Å². The summed E-state index contributed by atoms with van der Waals surface area (Å²) in [5, 5.41) is 13.9. The second kappa shape index (κ2) is 9.53. The highest BCUT2D eigenvalue weighted by molar-refractivity contribution is 5.69. The van der Waals surface area contributed by atoms with Gasteiger partial charge in [-0.25, -0.2) is 0 Å². The Bertz CT molecular complexity index is 417. The van der Waals surface area contributed by atoms with Crippen molar-refractivity contribution in [2.24, 2.45) is 0 Å². The number of carbonyl (C=O) groups is 1. The number of esters is 1. The molecular formula is C17H27NO3. The van der Waals surface area contributed by atoms with Crippen molar-refractivity contribution in [2.75, 3.05) is 13.7 Å². The quantitative estimate of drug-likeness (QED) is 0.687. The third kappa shape index (κ3) is 5.86. The Balaban J connectivity index is 2.71. The van der Waals surface area contributed by atoms with Crippen LogP contribution >= 0.6 is 0 Å². The number of methoxy groups -OCH3 is 1.